The number of hydrogen-bond donors (Lipinski definition) is 0. The maximum absolute atomic E-state index is 14.9. The van der Waals surface area contributed by atoms with E-state index in [-0.39, 0.29) is 5.41 Å². The third-order valence-electron chi connectivity index (χ3n) is 13.4. The van der Waals surface area contributed by atoms with Gasteiger partial charge in [0.2, 0.25) is 0 Å². The number of alkyl halides is 2. The predicted molar refractivity (Wildman–Crippen MR) is 167 cm³/mol. The van der Waals surface area contributed by atoms with E-state index < -0.39 is 15.2 Å². The normalized spacial score (nSPS) is 40.1. The number of Topliss-reactive ketones (excluding diaryl/α,β-unsaturated/α-hetero) is 1. The first kappa shape index (κ1) is 30.7. The lowest BCUT2D eigenvalue weighted by molar-refractivity contribution is -0.219. The Morgan fingerprint density at radius 1 is 0.615 bits per heavy atom. The quantitative estimate of drug-likeness (QED) is 0.186. The molecule has 5 aliphatic carbocycles. The van der Waals surface area contributed by atoms with Crippen molar-refractivity contribution in [3.8, 4) is 0 Å². The van der Waals surface area contributed by atoms with Gasteiger partial charge < -0.3 is 0 Å². The molecule has 0 aromatic carbocycles. The molecule has 224 valence electrons. The Balaban J connectivity index is 1.44. The highest BCUT2D eigenvalue weighted by Crippen LogP contribution is 2.82. The highest BCUT2D eigenvalue weighted by Gasteiger charge is 2.85. The van der Waals surface area contributed by atoms with Gasteiger partial charge in [0.25, 0.3) is 0 Å². The van der Waals surface area contributed by atoms with Crippen LogP contribution in [0.1, 0.15) is 174 Å². The van der Waals surface area contributed by atoms with Crippen LogP contribution in [0.25, 0.3) is 0 Å². The molecule has 5 saturated carbocycles. The van der Waals surface area contributed by atoms with Gasteiger partial charge in [-0.2, -0.15) is 0 Å². The SMILES string of the molecule is CCCCCC1CCC(C2(C3CCC(CCCCC)CC3)CCCC[C@@]23C(=O)C2(CCCCC2)C3(Cl)Cl)CC1. The zero-order valence-corrected chi connectivity index (χ0v) is 27.2. The summed E-state index contributed by atoms with van der Waals surface area (Å²) in [6.07, 6.45) is 31.7. The second kappa shape index (κ2) is 12.9. The molecule has 0 heterocycles. The van der Waals surface area contributed by atoms with Gasteiger partial charge in [0.05, 0.1) is 10.8 Å². The van der Waals surface area contributed by atoms with Crippen LogP contribution in [0.15, 0.2) is 0 Å². The van der Waals surface area contributed by atoms with E-state index >= 15 is 0 Å². The Morgan fingerprint density at radius 3 is 1.54 bits per heavy atom. The lowest BCUT2D eigenvalue weighted by Gasteiger charge is -2.75. The first-order chi connectivity index (χ1) is 18.9. The van der Waals surface area contributed by atoms with Crippen LogP contribution in [-0.4, -0.2) is 10.1 Å². The zero-order chi connectivity index (χ0) is 27.6. The van der Waals surface area contributed by atoms with Crippen LogP contribution in [0.5, 0.6) is 0 Å². The number of unbranched alkanes of at least 4 members (excludes halogenated alkanes) is 4. The molecule has 0 aliphatic heterocycles. The van der Waals surface area contributed by atoms with E-state index in [0.717, 1.165) is 50.4 Å². The summed E-state index contributed by atoms with van der Waals surface area (Å²) in [4.78, 5) is 14.9. The lowest BCUT2D eigenvalue weighted by Crippen LogP contribution is -2.81. The minimum atomic E-state index is -0.867. The first-order valence-electron chi connectivity index (χ1n) is 17.8. The maximum atomic E-state index is 14.9. The fraction of sp³-hybridized carbons (Fsp3) is 0.972. The molecule has 2 spiro atoms. The Labute approximate surface area is 251 Å². The Bertz CT molecular complexity index is 767. The third-order valence-corrected chi connectivity index (χ3v) is 14.8. The minimum absolute atomic E-state index is 0.0390. The summed E-state index contributed by atoms with van der Waals surface area (Å²) in [5.74, 6) is 3.64. The molecule has 0 saturated heterocycles. The van der Waals surface area contributed by atoms with Crippen molar-refractivity contribution in [3.63, 3.8) is 0 Å². The summed E-state index contributed by atoms with van der Waals surface area (Å²) >= 11 is 15.5. The number of ketones is 1. The molecule has 1 atom stereocenters. The number of halogens is 2. The molecular formula is C36H60Cl2O. The van der Waals surface area contributed by atoms with Gasteiger partial charge in [0.15, 0.2) is 5.78 Å². The number of carbonyl (C=O) groups is 1. The zero-order valence-electron chi connectivity index (χ0n) is 25.7. The van der Waals surface area contributed by atoms with Crippen LogP contribution < -0.4 is 0 Å². The molecule has 0 aromatic rings. The second-order valence-corrected chi connectivity index (χ2v) is 16.5. The Kier molecular flexibility index (Phi) is 10.1. The number of rotatable bonds is 10. The van der Waals surface area contributed by atoms with Gasteiger partial charge in [-0.25, -0.2) is 0 Å². The molecule has 5 aliphatic rings. The third kappa shape index (κ3) is 5.00. The Morgan fingerprint density at radius 2 is 1.08 bits per heavy atom. The van der Waals surface area contributed by atoms with Crippen molar-refractivity contribution in [1.82, 2.24) is 0 Å². The van der Waals surface area contributed by atoms with E-state index in [4.69, 9.17) is 23.2 Å². The van der Waals surface area contributed by atoms with Gasteiger partial charge in [-0.05, 0) is 80.5 Å². The molecular weight excluding hydrogens is 519 g/mol. The highest BCUT2D eigenvalue weighted by molar-refractivity contribution is 6.55. The molecule has 5 fully saturated rings. The van der Waals surface area contributed by atoms with Crippen molar-refractivity contribution in [2.75, 3.05) is 0 Å². The van der Waals surface area contributed by atoms with Crippen LogP contribution in [0, 0.1) is 39.9 Å². The summed E-state index contributed by atoms with van der Waals surface area (Å²) in [6, 6.07) is 0. The van der Waals surface area contributed by atoms with Crippen molar-refractivity contribution in [2.45, 2.75) is 179 Å². The van der Waals surface area contributed by atoms with Gasteiger partial charge in [0, 0.05) is 0 Å². The molecule has 0 N–H and O–H groups in total. The summed E-state index contributed by atoms with van der Waals surface area (Å²) in [7, 11) is 0. The summed E-state index contributed by atoms with van der Waals surface area (Å²) < 4.78 is -0.867. The number of carbonyl (C=O) groups excluding carboxylic acids is 1. The standard InChI is InChI=1S/C36H60Cl2O/c1-3-5-8-14-28-16-20-30(21-17-28)34(31-22-18-29(19-23-31)15-9-6-4-2)26-12-13-27-35(34)32(39)33(36(35,37)38)24-10-7-11-25-33/h28-31H,3-27H2,1-2H3/t28?,29?,30?,31?,34?,35-/m1/s1. The summed E-state index contributed by atoms with van der Waals surface area (Å²) in [5, 5.41) is 0. The predicted octanol–water partition coefficient (Wildman–Crippen LogP) is 12.0. The number of hydrogen-bond acceptors (Lipinski definition) is 1. The van der Waals surface area contributed by atoms with E-state index in [1.807, 2.05) is 0 Å². The van der Waals surface area contributed by atoms with E-state index in [1.165, 1.54) is 122 Å². The maximum Gasteiger partial charge on any atom is 0.151 e. The van der Waals surface area contributed by atoms with Gasteiger partial charge >= 0.3 is 0 Å². The van der Waals surface area contributed by atoms with E-state index in [1.54, 1.807) is 0 Å². The summed E-state index contributed by atoms with van der Waals surface area (Å²) in [6.45, 7) is 4.64. The average molecular weight is 580 g/mol. The molecule has 39 heavy (non-hydrogen) atoms. The Hall–Kier alpha value is 0.250. The molecule has 5 rings (SSSR count). The van der Waals surface area contributed by atoms with Crippen molar-refractivity contribution < 1.29 is 4.79 Å². The second-order valence-electron chi connectivity index (χ2n) is 15.1. The molecule has 1 nitrogen and oxygen atoms in total. The lowest BCUT2D eigenvalue weighted by atomic mass is 9.31. The molecule has 0 radical (unpaired) electrons. The fourth-order valence-corrected chi connectivity index (χ4v) is 12.8. The van der Waals surface area contributed by atoms with Crippen molar-refractivity contribution >= 4 is 29.0 Å². The molecule has 0 amide bonds. The van der Waals surface area contributed by atoms with Gasteiger partial charge in [-0.1, -0.05) is 146 Å². The topological polar surface area (TPSA) is 17.1 Å². The van der Waals surface area contributed by atoms with E-state index in [9.17, 15) is 4.79 Å². The largest absolute Gasteiger partial charge is 0.298 e. The summed E-state index contributed by atoms with van der Waals surface area (Å²) in [5.41, 5.74) is -0.902. The first-order valence-corrected chi connectivity index (χ1v) is 18.6. The minimum Gasteiger partial charge on any atom is -0.298 e. The fourth-order valence-electron chi connectivity index (χ4n) is 11.5. The van der Waals surface area contributed by atoms with Crippen LogP contribution in [0.3, 0.4) is 0 Å². The smallest absolute Gasteiger partial charge is 0.151 e. The van der Waals surface area contributed by atoms with E-state index in [2.05, 4.69) is 13.8 Å². The van der Waals surface area contributed by atoms with Gasteiger partial charge in [-0.3, -0.25) is 4.79 Å². The van der Waals surface area contributed by atoms with Crippen LogP contribution in [0.4, 0.5) is 0 Å². The molecule has 0 aromatic heterocycles. The molecule has 3 heteroatoms. The average Bonchev–Trinajstić information content (AvgIpc) is 2.98. The molecule has 0 unspecified atom stereocenters. The van der Waals surface area contributed by atoms with Crippen molar-refractivity contribution in [1.29, 1.82) is 0 Å². The van der Waals surface area contributed by atoms with Crippen LogP contribution in [-0.2, 0) is 4.79 Å². The van der Waals surface area contributed by atoms with Crippen molar-refractivity contribution in [3.05, 3.63) is 0 Å². The van der Waals surface area contributed by atoms with Crippen molar-refractivity contribution in [2.24, 2.45) is 39.9 Å². The van der Waals surface area contributed by atoms with Gasteiger partial charge in [-0.15, -0.1) is 0 Å². The van der Waals surface area contributed by atoms with Crippen LogP contribution in [0.2, 0.25) is 0 Å². The monoisotopic (exact) mass is 578 g/mol. The van der Waals surface area contributed by atoms with Gasteiger partial charge in [0.1, 0.15) is 4.33 Å². The highest BCUT2D eigenvalue weighted by atomic mass is 35.5. The molecule has 0 bridgehead atoms. The van der Waals surface area contributed by atoms with Crippen LogP contribution >= 0.6 is 23.2 Å². The van der Waals surface area contributed by atoms with E-state index in [0.29, 0.717) is 17.6 Å².